The maximum absolute atomic E-state index is 12.3. The maximum Gasteiger partial charge on any atom is 0.263 e. The fraction of sp³-hybridized carbons (Fsp3) is 0.500. The predicted octanol–water partition coefficient (Wildman–Crippen LogP) is 2.58. The Morgan fingerprint density at radius 3 is 2.85 bits per heavy atom. The third-order valence-corrected chi connectivity index (χ3v) is 3.97. The first-order valence-electron chi connectivity index (χ1n) is 6.61. The molecule has 110 valence electrons. The molecule has 1 N–H and O–H groups in total. The Hall–Kier alpha value is -0.970. The van der Waals surface area contributed by atoms with E-state index in [9.17, 15) is 4.79 Å². The van der Waals surface area contributed by atoms with E-state index in [0.717, 1.165) is 6.54 Å². The van der Waals surface area contributed by atoms with Crippen molar-refractivity contribution >= 4 is 29.1 Å². The van der Waals surface area contributed by atoms with Gasteiger partial charge in [-0.05, 0) is 26.0 Å². The van der Waals surface area contributed by atoms with Crippen LogP contribution in [0.1, 0.15) is 13.8 Å². The van der Waals surface area contributed by atoms with E-state index in [2.05, 4.69) is 12.2 Å². The van der Waals surface area contributed by atoms with Crippen LogP contribution < -0.4 is 10.1 Å². The molecule has 0 spiro atoms. The number of carbonyl (C=O) groups excluding carboxylic acids is 1. The molecule has 1 saturated heterocycles. The van der Waals surface area contributed by atoms with Gasteiger partial charge in [-0.2, -0.15) is 0 Å². The molecular formula is C14H18Cl2N2O2. The number of ether oxygens (including phenoxy) is 1. The first-order valence-corrected chi connectivity index (χ1v) is 7.37. The van der Waals surface area contributed by atoms with Gasteiger partial charge in [0, 0.05) is 31.7 Å². The quantitative estimate of drug-likeness (QED) is 0.932. The number of nitrogens with one attached hydrogen (secondary N) is 1. The number of hydrogen-bond acceptors (Lipinski definition) is 3. The van der Waals surface area contributed by atoms with Gasteiger partial charge < -0.3 is 15.0 Å². The summed E-state index contributed by atoms with van der Waals surface area (Å²) in [4.78, 5) is 14.1. The second kappa shape index (κ2) is 6.66. The minimum atomic E-state index is -0.544. The molecule has 0 aromatic heterocycles. The fourth-order valence-electron chi connectivity index (χ4n) is 2.19. The van der Waals surface area contributed by atoms with Gasteiger partial charge in [0.25, 0.3) is 5.91 Å². The summed E-state index contributed by atoms with van der Waals surface area (Å²) in [5.74, 6) is 0.535. The highest BCUT2D eigenvalue weighted by Gasteiger charge is 2.25. The molecule has 1 aliphatic rings. The van der Waals surface area contributed by atoms with Crippen LogP contribution in [-0.4, -0.2) is 42.6 Å². The van der Waals surface area contributed by atoms with E-state index in [-0.39, 0.29) is 5.91 Å². The van der Waals surface area contributed by atoms with Crippen LogP contribution in [0, 0.1) is 0 Å². The second-order valence-electron chi connectivity index (χ2n) is 4.98. The van der Waals surface area contributed by atoms with E-state index in [4.69, 9.17) is 27.9 Å². The topological polar surface area (TPSA) is 41.6 Å². The van der Waals surface area contributed by atoms with E-state index in [1.807, 2.05) is 4.90 Å². The zero-order chi connectivity index (χ0) is 14.7. The van der Waals surface area contributed by atoms with Crippen molar-refractivity contribution in [2.45, 2.75) is 26.0 Å². The molecule has 2 unspecified atom stereocenters. The van der Waals surface area contributed by atoms with E-state index in [0.29, 0.717) is 34.9 Å². The van der Waals surface area contributed by atoms with E-state index < -0.39 is 6.10 Å². The fourth-order valence-corrected chi connectivity index (χ4v) is 2.48. The minimum Gasteiger partial charge on any atom is -0.481 e. The van der Waals surface area contributed by atoms with Crippen LogP contribution in [0.3, 0.4) is 0 Å². The van der Waals surface area contributed by atoms with Gasteiger partial charge in [-0.15, -0.1) is 0 Å². The Morgan fingerprint density at radius 2 is 2.20 bits per heavy atom. The van der Waals surface area contributed by atoms with Crippen molar-refractivity contribution in [3.8, 4) is 5.75 Å². The average Bonchev–Trinajstić information content (AvgIpc) is 2.42. The number of hydrogen-bond donors (Lipinski definition) is 1. The van der Waals surface area contributed by atoms with Crippen LogP contribution in [0.4, 0.5) is 0 Å². The number of piperazine rings is 1. The predicted molar refractivity (Wildman–Crippen MR) is 80.6 cm³/mol. The van der Waals surface area contributed by atoms with E-state index in [1.54, 1.807) is 25.1 Å². The van der Waals surface area contributed by atoms with Crippen molar-refractivity contribution in [3.05, 3.63) is 28.2 Å². The zero-order valence-corrected chi connectivity index (χ0v) is 13.0. The summed E-state index contributed by atoms with van der Waals surface area (Å²) in [6.45, 7) is 6.03. The van der Waals surface area contributed by atoms with E-state index in [1.165, 1.54) is 0 Å². The molecule has 6 heteroatoms. The molecule has 1 aromatic carbocycles. The number of carbonyl (C=O) groups is 1. The lowest BCUT2D eigenvalue weighted by atomic mass is 10.2. The summed E-state index contributed by atoms with van der Waals surface area (Å²) in [6, 6.07) is 5.29. The van der Waals surface area contributed by atoms with Gasteiger partial charge in [0.1, 0.15) is 5.75 Å². The molecule has 0 aliphatic carbocycles. The number of halogens is 2. The summed E-state index contributed by atoms with van der Waals surface area (Å²) in [7, 11) is 0. The third kappa shape index (κ3) is 3.78. The molecule has 0 saturated carbocycles. The van der Waals surface area contributed by atoms with Gasteiger partial charge in [0.05, 0.1) is 10.0 Å². The lowest BCUT2D eigenvalue weighted by molar-refractivity contribution is -0.139. The van der Waals surface area contributed by atoms with Crippen molar-refractivity contribution in [1.29, 1.82) is 0 Å². The van der Waals surface area contributed by atoms with Crippen molar-refractivity contribution in [2.75, 3.05) is 19.6 Å². The standard InChI is InChI=1S/C14H18Cl2N2O2/c1-9-8-18(6-5-17-9)14(19)10(2)20-11-3-4-12(15)13(16)7-11/h3-4,7,9-10,17H,5-6,8H2,1-2H3. The van der Waals surface area contributed by atoms with Crippen LogP contribution in [-0.2, 0) is 4.79 Å². The van der Waals surface area contributed by atoms with Gasteiger partial charge in [-0.1, -0.05) is 23.2 Å². The average molecular weight is 317 g/mol. The minimum absolute atomic E-state index is 0.00979. The van der Waals surface area contributed by atoms with Gasteiger partial charge in [-0.3, -0.25) is 4.79 Å². The van der Waals surface area contributed by atoms with Gasteiger partial charge in [0.15, 0.2) is 6.10 Å². The molecule has 1 amide bonds. The summed E-state index contributed by atoms with van der Waals surface area (Å²) < 4.78 is 5.65. The molecule has 2 atom stereocenters. The molecule has 1 aromatic rings. The molecule has 20 heavy (non-hydrogen) atoms. The molecule has 0 radical (unpaired) electrons. The van der Waals surface area contributed by atoms with Crippen molar-refractivity contribution in [3.63, 3.8) is 0 Å². The summed E-state index contributed by atoms with van der Waals surface area (Å²) in [5.41, 5.74) is 0. The Morgan fingerprint density at radius 1 is 1.45 bits per heavy atom. The van der Waals surface area contributed by atoms with E-state index >= 15 is 0 Å². The van der Waals surface area contributed by atoms with Crippen LogP contribution in [0.25, 0.3) is 0 Å². The van der Waals surface area contributed by atoms with Gasteiger partial charge in [0.2, 0.25) is 0 Å². The normalized spacial score (nSPS) is 20.6. The highest BCUT2D eigenvalue weighted by Crippen LogP contribution is 2.27. The molecule has 0 bridgehead atoms. The number of nitrogens with zero attached hydrogens (tertiary/aromatic N) is 1. The Kier molecular flexibility index (Phi) is 5.13. The Bertz CT molecular complexity index is 496. The first-order chi connectivity index (χ1) is 9.47. The molecule has 1 fully saturated rings. The summed E-state index contributed by atoms with van der Waals surface area (Å²) in [5, 5.41) is 4.19. The van der Waals surface area contributed by atoms with Crippen LogP contribution in [0.2, 0.25) is 10.0 Å². The van der Waals surface area contributed by atoms with Crippen molar-refractivity contribution < 1.29 is 9.53 Å². The zero-order valence-electron chi connectivity index (χ0n) is 11.5. The van der Waals surface area contributed by atoms with Crippen molar-refractivity contribution in [2.24, 2.45) is 0 Å². The number of amides is 1. The molecule has 1 aliphatic heterocycles. The maximum atomic E-state index is 12.3. The Balaban J connectivity index is 1.98. The smallest absolute Gasteiger partial charge is 0.263 e. The van der Waals surface area contributed by atoms with Crippen LogP contribution >= 0.6 is 23.2 Å². The molecule has 2 rings (SSSR count). The molecular weight excluding hydrogens is 299 g/mol. The monoisotopic (exact) mass is 316 g/mol. The van der Waals surface area contributed by atoms with Gasteiger partial charge >= 0.3 is 0 Å². The van der Waals surface area contributed by atoms with Crippen LogP contribution in [0.15, 0.2) is 18.2 Å². The lowest BCUT2D eigenvalue weighted by Gasteiger charge is -2.33. The molecule has 1 heterocycles. The van der Waals surface area contributed by atoms with Gasteiger partial charge in [-0.25, -0.2) is 0 Å². The summed E-state index contributed by atoms with van der Waals surface area (Å²) in [6.07, 6.45) is -0.544. The SMILES string of the molecule is CC1CN(C(=O)C(C)Oc2ccc(Cl)c(Cl)c2)CCN1. The number of rotatable bonds is 3. The summed E-state index contributed by atoms with van der Waals surface area (Å²) >= 11 is 11.8. The third-order valence-electron chi connectivity index (χ3n) is 3.23. The largest absolute Gasteiger partial charge is 0.481 e. The highest BCUT2D eigenvalue weighted by molar-refractivity contribution is 6.42. The Labute approximate surface area is 129 Å². The first kappa shape index (κ1) is 15.4. The van der Waals surface area contributed by atoms with Crippen LogP contribution in [0.5, 0.6) is 5.75 Å². The lowest BCUT2D eigenvalue weighted by Crippen LogP contribution is -2.54. The highest BCUT2D eigenvalue weighted by atomic mass is 35.5. The second-order valence-corrected chi connectivity index (χ2v) is 5.79. The molecule has 4 nitrogen and oxygen atoms in total. The number of benzene rings is 1. The van der Waals surface area contributed by atoms with Crippen molar-refractivity contribution in [1.82, 2.24) is 10.2 Å².